The molecule has 1 amide bonds. The van der Waals surface area contributed by atoms with E-state index in [0.717, 1.165) is 6.42 Å². The number of nitrogens with zero attached hydrogens (tertiary/aromatic N) is 1. The number of nitrogens with one attached hydrogen (secondary N) is 2. The highest BCUT2D eigenvalue weighted by Gasteiger charge is 2.12. The lowest BCUT2D eigenvalue weighted by molar-refractivity contribution is 0.0939. The molecule has 0 bridgehead atoms. The summed E-state index contributed by atoms with van der Waals surface area (Å²) in [7, 11) is 0. The minimum atomic E-state index is -0.264. The molecule has 7 heteroatoms. The zero-order chi connectivity index (χ0) is 18.8. The molecule has 0 saturated carbocycles. The summed E-state index contributed by atoms with van der Waals surface area (Å²) in [6.07, 6.45) is 0.837. The van der Waals surface area contributed by atoms with E-state index in [9.17, 15) is 9.59 Å². The predicted octanol–water partition coefficient (Wildman–Crippen LogP) is 4.23. The number of H-pyrrole nitrogens is 1. The van der Waals surface area contributed by atoms with E-state index in [2.05, 4.69) is 10.3 Å². The fourth-order valence-corrected chi connectivity index (χ4v) is 3.09. The van der Waals surface area contributed by atoms with Crippen molar-refractivity contribution in [2.24, 2.45) is 0 Å². The molecule has 5 nitrogen and oxygen atoms in total. The lowest BCUT2D eigenvalue weighted by Crippen LogP contribution is -2.32. The van der Waals surface area contributed by atoms with Crippen molar-refractivity contribution >= 4 is 40.6 Å². The van der Waals surface area contributed by atoms with Crippen LogP contribution in [0.25, 0.3) is 16.6 Å². The molecule has 0 radical (unpaired) electrons. The van der Waals surface area contributed by atoms with Crippen molar-refractivity contribution in [1.82, 2.24) is 14.9 Å². The van der Waals surface area contributed by atoms with Crippen LogP contribution in [0.1, 0.15) is 30.6 Å². The van der Waals surface area contributed by atoms with E-state index >= 15 is 0 Å². The second-order valence-electron chi connectivity index (χ2n) is 6.09. The van der Waals surface area contributed by atoms with Crippen molar-refractivity contribution in [3.63, 3.8) is 0 Å². The van der Waals surface area contributed by atoms with Gasteiger partial charge in [0.05, 0.1) is 16.6 Å². The molecular weight excluding hydrogens is 370 g/mol. The third kappa shape index (κ3) is 3.57. The van der Waals surface area contributed by atoms with Crippen molar-refractivity contribution in [1.29, 1.82) is 0 Å². The highest BCUT2D eigenvalue weighted by atomic mass is 35.5. The highest BCUT2D eigenvalue weighted by molar-refractivity contribution is 7.71. The Morgan fingerprint density at radius 2 is 2.08 bits per heavy atom. The number of hydrogen-bond donors (Lipinski definition) is 2. The summed E-state index contributed by atoms with van der Waals surface area (Å²) in [5.41, 5.74) is 1.32. The molecule has 2 aromatic carbocycles. The molecule has 3 rings (SSSR count). The summed E-state index contributed by atoms with van der Waals surface area (Å²) in [6.45, 7) is 3.94. The Balaban J connectivity index is 2.11. The molecule has 1 aromatic heterocycles. The third-order valence-corrected chi connectivity index (χ3v) is 4.74. The fourth-order valence-electron chi connectivity index (χ4n) is 2.62. The van der Waals surface area contributed by atoms with E-state index in [1.807, 2.05) is 13.8 Å². The van der Waals surface area contributed by atoms with E-state index in [1.54, 1.807) is 42.5 Å². The van der Waals surface area contributed by atoms with Crippen molar-refractivity contribution in [3.8, 4) is 5.69 Å². The number of aromatic nitrogens is 2. The fraction of sp³-hybridized carbons (Fsp3) is 0.211. The Morgan fingerprint density at radius 1 is 1.31 bits per heavy atom. The molecule has 1 atom stereocenters. The summed E-state index contributed by atoms with van der Waals surface area (Å²) in [6, 6.07) is 11.9. The average molecular weight is 388 g/mol. The van der Waals surface area contributed by atoms with Crippen LogP contribution >= 0.6 is 23.8 Å². The first-order chi connectivity index (χ1) is 12.4. The minimum Gasteiger partial charge on any atom is -0.350 e. The van der Waals surface area contributed by atoms with Crippen LogP contribution in [-0.4, -0.2) is 21.5 Å². The van der Waals surface area contributed by atoms with Gasteiger partial charge in [0.2, 0.25) is 0 Å². The van der Waals surface area contributed by atoms with E-state index < -0.39 is 0 Å². The second-order valence-corrected chi connectivity index (χ2v) is 6.92. The van der Waals surface area contributed by atoms with Crippen LogP contribution < -0.4 is 10.9 Å². The van der Waals surface area contributed by atoms with Gasteiger partial charge < -0.3 is 10.3 Å². The maximum Gasteiger partial charge on any atom is 0.266 e. The van der Waals surface area contributed by atoms with Crippen LogP contribution in [0, 0.1) is 4.77 Å². The third-order valence-electron chi connectivity index (χ3n) is 4.22. The highest BCUT2D eigenvalue weighted by Crippen LogP contribution is 2.17. The number of aromatic amines is 1. The summed E-state index contributed by atoms with van der Waals surface area (Å²) in [4.78, 5) is 28.3. The monoisotopic (exact) mass is 387 g/mol. The lowest BCUT2D eigenvalue weighted by atomic mass is 10.1. The Hall–Kier alpha value is -2.44. The minimum absolute atomic E-state index is 0.0714. The van der Waals surface area contributed by atoms with Crippen LogP contribution in [0.15, 0.2) is 47.3 Å². The standard InChI is InChI=1S/C19H18ClN3O2S/c1-3-11(2)21-17(24)12-5-4-6-14(9-12)23-18(25)15-8-7-13(20)10-16(15)22-19(23)26/h4-11H,3H2,1-2H3,(H,21,24)(H,22,26). The van der Waals surface area contributed by atoms with Crippen molar-refractivity contribution in [3.05, 3.63) is 68.2 Å². The molecule has 2 N–H and O–H groups in total. The van der Waals surface area contributed by atoms with Gasteiger partial charge in [0.15, 0.2) is 4.77 Å². The Labute approximate surface area is 160 Å². The van der Waals surface area contributed by atoms with Gasteiger partial charge in [0.1, 0.15) is 0 Å². The van der Waals surface area contributed by atoms with Crippen LogP contribution in [0.4, 0.5) is 0 Å². The molecule has 134 valence electrons. The van der Waals surface area contributed by atoms with E-state index in [4.69, 9.17) is 23.8 Å². The lowest BCUT2D eigenvalue weighted by Gasteiger charge is -2.13. The molecule has 0 aliphatic rings. The number of fused-ring (bicyclic) bond motifs is 1. The van der Waals surface area contributed by atoms with E-state index in [1.165, 1.54) is 4.57 Å². The van der Waals surface area contributed by atoms with Gasteiger partial charge in [0, 0.05) is 16.6 Å². The summed E-state index contributed by atoms with van der Waals surface area (Å²) < 4.78 is 1.62. The zero-order valence-corrected chi connectivity index (χ0v) is 15.9. The summed E-state index contributed by atoms with van der Waals surface area (Å²) >= 11 is 11.3. The molecule has 0 fully saturated rings. The molecule has 3 aromatic rings. The van der Waals surface area contributed by atoms with Crippen molar-refractivity contribution < 1.29 is 4.79 Å². The molecule has 0 aliphatic carbocycles. The van der Waals surface area contributed by atoms with Gasteiger partial charge in [0.25, 0.3) is 11.5 Å². The van der Waals surface area contributed by atoms with Gasteiger partial charge in [-0.2, -0.15) is 0 Å². The quantitative estimate of drug-likeness (QED) is 0.658. The van der Waals surface area contributed by atoms with Crippen LogP contribution in [0.5, 0.6) is 0 Å². The molecule has 0 spiro atoms. The first-order valence-corrected chi connectivity index (χ1v) is 9.05. The van der Waals surface area contributed by atoms with Gasteiger partial charge >= 0.3 is 0 Å². The Bertz CT molecular complexity index is 1100. The molecular formula is C19H18ClN3O2S. The molecule has 1 heterocycles. The number of amides is 1. The van der Waals surface area contributed by atoms with Crippen molar-refractivity contribution in [2.75, 3.05) is 0 Å². The van der Waals surface area contributed by atoms with Crippen LogP contribution in [0.3, 0.4) is 0 Å². The van der Waals surface area contributed by atoms with Gasteiger partial charge in [-0.25, -0.2) is 0 Å². The van der Waals surface area contributed by atoms with Crippen LogP contribution in [0.2, 0.25) is 5.02 Å². The van der Waals surface area contributed by atoms with E-state index in [0.29, 0.717) is 27.2 Å². The number of carbonyl (C=O) groups excluding carboxylic acids is 1. The molecule has 26 heavy (non-hydrogen) atoms. The smallest absolute Gasteiger partial charge is 0.266 e. The SMILES string of the molecule is CCC(C)NC(=O)c1cccc(-n2c(=S)[nH]c3cc(Cl)ccc3c2=O)c1. The summed E-state index contributed by atoms with van der Waals surface area (Å²) in [5.74, 6) is -0.184. The van der Waals surface area contributed by atoms with Crippen LogP contribution in [-0.2, 0) is 0 Å². The number of halogens is 1. The number of hydrogen-bond acceptors (Lipinski definition) is 3. The first-order valence-electron chi connectivity index (χ1n) is 8.26. The van der Waals surface area contributed by atoms with Crippen molar-refractivity contribution in [2.45, 2.75) is 26.3 Å². The summed E-state index contributed by atoms with van der Waals surface area (Å²) in [5, 5.41) is 3.90. The van der Waals surface area contributed by atoms with Gasteiger partial charge in [-0.05, 0) is 62.0 Å². The van der Waals surface area contributed by atoms with Gasteiger partial charge in [-0.3, -0.25) is 14.2 Å². The normalized spacial score (nSPS) is 12.1. The topological polar surface area (TPSA) is 66.9 Å². The number of carbonyl (C=O) groups is 1. The van der Waals surface area contributed by atoms with Gasteiger partial charge in [-0.1, -0.05) is 24.6 Å². The molecule has 0 saturated heterocycles. The van der Waals surface area contributed by atoms with E-state index in [-0.39, 0.29) is 22.3 Å². The molecule has 1 unspecified atom stereocenters. The second kappa shape index (κ2) is 7.43. The number of benzene rings is 2. The predicted molar refractivity (Wildman–Crippen MR) is 107 cm³/mol. The largest absolute Gasteiger partial charge is 0.350 e. The maximum atomic E-state index is 12.9. The first kappa shape index (κ1) is 18.4. The Morgan fingerprint density at radius 3 is 2.81 bits per heavy atom. The zero-order valence-electron chi connectivity index (χ0n) is 14.4. The Kier molecular flexibility index (Phi) is 5.25. The molecule has 0 aliphatic heterocycles. The average Bonchev–Trinajstić information content (AvgIpc) is 2.61. The van der Waals surface area contributed by atoms with Gasteiger partial charge in [-0.15, -0.1) is 0 Å². The maximum absolute atomic E-state index is 12.9. The number of rotatable bonds is 4.